The van der Waals surface area contributed by atoms with Crippen LogP contribution >= 0.6 is 0 Å². The molecule has 96 valence electrons. The predicted molar refractivity (Wildman–Crippen MR) is 58.2 cm³/mol. The van der Waals surface area contributed by atoms with Crippen LogP contribution in [-0.2, 0) is 16.0 Å². The lowest BCUT2D eigenvalue weighted by atomic mass is 10.2. The maximum atomic E-state index is 12.3. The van der Waals surface area contributed by atoms with E-state index in [1.165, 1.54) is 13.8 Å². The van der Waals surface area contributed by atoms with Gasteiger partial charge in [0, 0.05) is 0 Å². The molecule has 3 nitrogen and oxygen atoms in total. The molecule has 0 fully saturated rings. The number of hydrogen-bond acceptors (Lipinski definition) is 3. The number of sulfone groups is 1. The molecule has 0 unspecified atom stereocenters. The van der Waals surface area contributed by atoms with Gasteiger partial charge in [0.2, 0.25) is 0 Å². The molecule has 0 amide bonds. The van der Waals surface area contributed by atoms with Crippen LogP contribution in [0.15, 0.2) is 23.1 Å². The highest BCUT2D eigenvalue weighted by molar-refractivity contribution is 7.92. The monoisotopic (exact) mass is 267 g/mol. The highest BCUT2D eigenvalue weighted by Gasteiger charge is 2.32. The normalized spacial score (nSPS) is 13.1. The zero-order chi connectivity index (χ0) is 13.4. The van der Waals surface area contributed by atoms with E-state index in [2.05, 4.69) is 0 Å². The van der Waals surface area contributed by atoms with Crippen molar-refractivity contribution in [2.45, 2.75) is 30.2 Å². The third-order valence-electron chi connectivity index (χ3n) is 2.26. The van der Waals surface area contributed by atoms with Crippen LogP contribution in [0.5, 0.6) is 0 Å². The van der Waals surface area contributed by atoms with Crippen molar-refractivity contribution in [1.29, 1.82) is 0 Å². The number of hydrogen-bond donors (Lipinski definition) is 1. The first kappa shape index (κ1) is 13.8. The van der Waals surface area contributed by atoms with Gasteiger partial charge in [0.05, 0.1) is 21.4 Å². The van der Waals surface area contributed by atoms with Crippen LogP contribution in [0.1, 0.15) is 19.4 Å². The summed E-state index contributed by atoms with van der Waals surface area (Å²) in [5, 5.41) is -0.735. The number of halogens is 3. The lowest BCUT2D eigenvalue weighted by molar-refractivity contribution is -0.137. The van der Waals surface area contributed by atoms with E-state index in [9.17, 15) is 21.6 Å². The first-order valence-electron chi connectivity index (χ1n) is 4.77. The number of alkyl halides is 3. The third-order valence-corrected chi connectivity index (χ3v) is 4.49. The maximum Gasteiger partial charge on any atom is 0.416 e. The van der Waals surface area contributed by atoms with Crippen LogP contribution in [0.4, 0.5) is 18.9 Å². The van der Waals surface area contributed by atoms with Crippen LogP contribution in [-0.4, -0.2) is 13.7 Å². The van der Waals surface area contributed by atoms with Crippen molar-refractivity contribution in [1.82, 2.24) is 0 Å². The fourth-order valence-electron chi connectivity index (χ4n) is 1.24. The van der Waals surface area contributed by atoms with E-state index in [1.54, 1.807) is 0 Å². The Bertz CT molecular complexity index is 521. The molecule has 7 heteroatoms. The van der Waals surface area contributed by atoms with Crippen molar-refractivity contribution in [2.75, 3.05) is 5.73 Å². The molecule has 0 saturated heterocycles. The van der Waals surface area contributed by atoms with Crippen molar-refractivity contribution in [3.63, 3.8) is 0 Å². The number of anilines is 1. The van der Waals surface area contributed by atoms with Gasteiger partial charge in [0.1, 0.15) is 0 Å². The highest BCUT2D eigenvalue weighted by Crippen LogP contribution is 2.33. The lowest BCUT2D eigenvalue weighted by Gasteiger charge is -2.13. The summed E-state index contributed by atoms with van der Waals surface area (Å²) in [6.45, 7) is 2.87. The first-order valence-corrected chi connectivity index (χ1v) is 6.32. The molecule has 0 spiro atoms. The number of rotatable bonds is 2. The summed E-state index contributed by atoms with van der Waals surface area (Å²) in [4.78, 5) is -0.263. The highest BCUT2D eigenvalue weighted by atomic mass is 32.2. The number of benzene rings is 1. The van der Waals surface area contributed by atoms with E-state index < -0.39 is 26.8 Å². The number of nitrogens with two attached hydrogens (primary N) is 1. The summed E-state index contributed by atoms with van der Waals surface area (Å²) in [7, 11) is -3.66. The Hall–Kier alpha value is -1.24. The zero-order valence-electron chi connectivity index (χ0n) is 9.25. The molecule has 0 bridgehead atoms. The van der Waals surface area contributed by atoms with Gasteiger partial charge in [-0.3, -0.25) is 0 Å². The van der Waals surface area contributed by atoms with E-state index >= 15 is 0 Å². The molecular formula is C10H12F3NO2S. The Balaban J connectivity index is 3.34. The van der Waals surface area contributed by atoms with Crippen LogP contribution < -0.4 is 5.73 Å². The standard InChI is InChI=1S/C10H12F3NO2S/c1-6(2)17(15,16)9-4-3-7(5-8(9)14)10(11,12)13/h3-6H,14H2,1-2H3. The largest absolute Gasteiger partial charge is 0.416 e. The molecule has 1 aromatic rings. The average Bonchev–Trinajstić information content (AvgIpc) is 2.15. The Kier molecular flexibility index (Phi) is 3.42. The Morgan fingerprint density at radius 1 is 1.24 bits per heavy atom. The van der Waals surface area contributed by atoms with Crippen molar-refractivity contribution in [2.24, 2.45) is 0 Å². The van der Waals surface area contributed by atoms with Gasteiger partial charge in [-0.15, -0.1) is 0 Å². The van der Waals surface area contributed by atoms with Gasteiger partial charge in [-0.25, -0.2) is 8.42 Å². The summed E-state index contributed by atoms with van der Waals surface area (Å²) in [6, 6.07) is 2.24. The van der Waals surface area contributed by atoms with Crippen molar-refractivity contribution >= 4 is 15.5 Å². The lowest BCUT2D eigenvalue weighted by Crippen LogP contribution is -2.16. The average molecular weight is 267 g/mol. The molecule has 0 saturated carbocycles. The molecule has 2 N–H and O–H groups in total. The van der Waals surface area contributed by atoms with Crippen molar-refractivity contribution in [3.8, 4) is 0 Å². The van der Waals surface area contributed by atoms with Gasteiger partial charge in [-0.2, -0.15) is 13.2 Å². The van der Waals surface area contributed by atoms with Crippen LogP contribution in [0.3, 0.4) is 0 Å². The van der Waals surface area contributed by atoms with E-state index in [-0.39, 0.29) is 10.6 Å². The predicted octanol–water partition coefficient (Wildman–Crippen LogP) is 2.47. The third kappa shape index (κ3) is 2.71. The molecule has 0 aliphatic carbocycles. The molecule has 0 radical (unpaired) electrons. The van der Waals surface area contributed by atoms with E-state index in [4.69, 9.17) is 5.73 Å². The smallest absolute Gasteiger partial charge is 0.398 e. The van der Waals surface area contributed by atoms with Gasteiger partial charge in [-0.05, 0) is 32.0 Å². The van der Waals surface area contributed by atoms with Gasteiger partial charge in [0.15, 0.2) is 9.84 Å². The second kappa shape index (κ2) is 4.21. The van der Waals surface area contributed by atoms with Crippen molar-refractivity contribution in [3.05, 3.63) is 23.8 Å². The summed E-state index contributed by atoms with van der Waals surface area (Å²) < 4.78 is 60.6. The molecule has 0 aliphatic rings. The second-order valence-corrected chi connectivity index (χ2v) is 6.32. The quantitative estimate of drug-likeness (QED) is 0.837. The molecule has 0 heterocycles. The van der Waals surface area contributed by atoms with Gasteiger partial charge in [-0.1, -0.05) is 0 Å². The maximum absolute atomic E-state index is 12.3. The van der Waals surface area contributed by atoms with Crippen molar-refractivity contribution < 1.29 is 21.6 Å². The first-order chi connectivity index (χ1) is 7.56. The van der Waals surface area contributed by atoms with Crippen LogP contribution in [0, 0.1) is 0 Å². The van der Waals surface area contributed by atoms with Gasteiger partial charge >= 0.3 is 6.18 Å². The molecule has 0 aromatic heterocycles. The summed E-state index contributed by atoms with van der Waals surface area (Å²) in [6.07, 6.45) is -4.53. The second-order valence-electron chi connectivity index (χ2n) is 3.84. The molecule has 17 heavy (non-hydrogen) atoms. The van der Waals surface area contributed by atoms with E-state index in [1.807, 2.05) is 0 Å². The van der Waals surface area contributed by atoms with E-state index in [0.717, 1.165) is 6.07 Å². The minimum atomic E-state index is -4.53. The van der Waals surface area contributed by atoms with Gasteiger partial charge in [0.25, 0.3) is 0 Å². The zero-order valence-corrected chi connectivity index (χ0v) is 10.1. The van der Waals surface area contributed by atoms with Crippen LogP contribution in [0.2, 0.25) is 0 Å². The van der Waals surface area contributed by atoms with Crippen LogP contribution in [0.25, 0.3) is 0 Å². The number of nitrogen functional groups attached to an aromatic ring is 1. The fraction of sp³-hybridized carbons (Fsp3) is 0.400. The summed E-state index contributed by atoms with van der Waals surface area (Å²) in [5.74, 6) is 0. The SMILES string of the molecule is CC(C)S(=O)(=O)c1ccc(C(F)(F)F)cc1N. The topological polar surface area (TPSA) is 60.2 Å². The summed E-state index contributed by atoms with van der Waals surface area (Å²) in [5.41, 5.74) is 4.02. The Morgan fingerprint density at radius 2 is 1.76 bits per heavy atom. The minimum absolute atomic E-state index is 0.263. The Labute approximate surface area is 97.4 Å². The molecular weight excluding hydrogens is 255 g/mol. The molecule has 0 atom stereocenters. The van der Waals surface area contributed by atoms with Gasteiger partial charge < -0.3 is 5.73 Å². The van der Waals surface area contributed by atoms with E-state index in [0.29, 0.717) is 12.1 Å². The minimum Gasteiger partial charge on any atom is -0.398 e. The summed E-state index contributed by atoms with van der Waals surface area (Å²) >= 11 is 0. The fourth-order valence-corrected chi connectivity index (χ4v) is 2.39. The molecule has 1 rings (SSSR count). The molecule has 0 aliphatic heterocycles. The Morgan fingerprint density at radius 3 is 2.12 bits per heavy atom. The molecule has 1 aromatic carbocycles.